The normalized spacial score (nSPS) is 14.2. The van der Waals surface area contributed by atoms with E-state index in [2.05, 4.69) is 10.1 Å². The first-order chi connectivity index (χ1) is 8.49. The molecule has 0 radical (unpaired) electrons. The van der Waals surface area contributed by atoms with Crippen LogP contribution in [0.25, 0.3) is 0 Å². The predicted octanol–water partition coefficient (Wildman–Crippen LogP) is 1.90. The molecular formula is C11H18F2N2O3. The second kappa shape index (κ2) is 6.19. The fraction of sp³-hybridized carbons (Fsp3) is 0.818. The summed E-state index contributed by atoms with van der Waals surface area (Å²) in [5.41, 5.74) is -0.669. The highest BCUT2D eigenvalue weighted by Gasteiger charge is 2.34. The lowest BCUT2D eigenvalue weighted by Gasteiger charge is -2.25. The zero-order chi connectivity index (χ0) is 13.8. The number of aliphatic hydroxyl groups excluding tert-OH is 1. The highest BCUT2D eigenvalue weighted by Crippen LogP contribution is 2.30. The first-order valence-corrected chi connectivity index (χ1v) is 5.83. The predicted molar refractivity (Wildman–Crippen MR) is 59.3 cm³/mol. The van der Waals surface area contributed by atoms with Gasteiger partial charge in [-0.3, -0.25) is 0 Å². The monoisotopic (exact) mass is 264 g/mol. The largest absolute Gasteiger partial charge is 0.387 e. The molecule has 0 aliphatic heterocycles. The summed E-state index contributed by atoms with van der Waals surface area (Å²) in [6.07, 6.45) is -3.71. The number of methoxy groups -OCH3 is 1. The highest BCUT2D eigenvalue weighted by molar-refractivity contribution is 5.01. The van der Waals surface area contributed by atoms with E-state index in [1.165, 1.54) is 7.11 Å². The summed E-state index contributed by atoms with van der Waals surface area (Å²) in [7, 11) is 1.54. The Hall–Kier alpha value is -1.08. The quantitative estimate of drug-likeness (QED) is 0.814. The summed E-state index contributed by atoms with van der Waals surface area (Å²) in [6.45, 7) is 3.83. The van der Waals surface area contributed by atoms with Crippen molar-refractivity contribution in [2.45, 2.75) is 51.2 Å². The zero-order valence-electron chi connectivity index (χ0n) is 10.7. The van der Waals surface area contributed by atoms with Crippen LogP contribution in [0, 0.1) is 0 Å². The Kier molecular flexibility index (Phi) is 5.15. The summed E-state index contributed by atoms with van der Waals surface area (Å²) in [6, 6.07) is 0. The van der Waals surface area contributed by atoms with Gasteiger partial charge < -0.3 is 14.4 Å². The topological polar surface area (TPSA) is 68.4 Å². The number of aromatic nitrogens is 2. The van der Waals surface area contributed by atoms with Gasteiger partial charge >= 0.3 is 0 Å². The van der Waals surface area contributed by atoms with Crippen molar-refractivity contribution in [1.82, 2.24) is 10.1 Å². The minimum absolute atomic E-state index is 0.0128. The molecule has 0 aliphatic rings. The lowest BCUT2D eigenvalue weighted by atomic mass is 9.96. The van der Waals surface area contributed by atoms with Crippen LogP contribution in [-0.4, -0.2) is 34.9 Å². The van der Waals surface area contributed by atoms with E-state index < -0.39 is 18.1 Å². The molecule has 1 aromatic heterocycles. The van der Waals surface area contributed by atoms with Crippen LogP contribution in [0.15, 0.2) is 4.52 Å². The number of rotatable bonds is 7. The van der Waals surface area contributed by atoms with Gasteiger partial charge in [0.1, 0.15) is 11.7 Å². The maximum Gasteiger partial charge on any atom is 0.264 e. The Bertz CT molecular complexity index is 359. The molecule has 0 fully saturated rings. The van der Waals surface area contributed by atoms with E-state index in [9.17, 15) is 8.78 Å². The molecule has 1 aromatic rings. The molecule has 0 spiro atoms. The molecule has 1 atom stereocenters. The second-order valence-corrected chi connectivity index (χ2v) is 4.02. The number of alkyl halides is 2. The Morgan fingerprint density at radius 3 is 2.44 bits per heavy atom. The highest BCUT2D eigenvalue weighted by atomic mass is 19.3. The maximum absolute atomic E-state index is 12.2. The number of aliphatic hydroxyl groups is 1. The third-order valence-corrected chi connectivity index (χ3v) is 3.08. The van der Waals surface area contributed by atoms with Crippen molar-refractivity contribution in [2.75, 3.05) is 7.11 Å². The van der Waals surface area contributed by atoms with Crippen molar-refractivity contribution in [2.24, 2.45) is 0 Å². The van der Waals surface area contributed by atoms with E-state index >= 15 is 0 Å². The molecule has 0 saturated carbocycles. The van der Waals surface area contributed by atoms with Crippen molar-refractivity contribution in [3.63, 3.8) is 0 Å². The molecule has 1 N–H and O–H groups in total. The standard InChI is InChI=1S/C11H18F2N2O3/c1-4-11(5-2,17-3)10-14-8(18-15-10)6-7(16)9(12)13/h7,9,16H,4-6H2,1-3H3. The van der Waals surface area contributed by atoms with Gasteiger partial charge in [0, 0.05) is 7.11 Å². The lowest BCUT2D eigenvalue weighted by Crippen LogP contribution is -2.28. The lowest BCUT2D eigenvalue weighted by molar-refractivity contribution is -0.0306. The number of ether oxygens (including phenoxy) is 1. The number of hydrogen-bond acceptors (Lipinski definition) is 5. The van der Waals surface area contributed by atoms with E-state index in [1.54, 1.807) is 0 Å². The summed E-state index contributed by atoms with van der Waals surface area (Å²) in [5.74, 6) is 0.313. The molecule has 0 aromatic carbocycles. The maximum atomic E-state index is 12.2. The molecule has 0 saturated heterocycles. The molecule has 0 amide bonds. The van der Waals surface area contributed by atoms with E-state index in [-0.39, 0.29) is 12.3 Å². The fourth-order valence-electron chi connectivity index (χ4n) is 1.74. The molecule has 1 heterocycles. The van der Waals surface area contributed by atoms with Gasteiger partial charge in [-0.2, -0.15) is 4.98 Å². The van der Waals surface area contributed by atoms with Gasteiger partial charge in [0.05, 0.1) is 6.42 Å². The van der Waals surface area contributed by atoms with Crippen LogP contribution >= 0.6 is 0 Å². The summed E-state index contributed by atoms with van der Waals surface area (Å²) in [5, 5.41) is 12.8. The molecule has 0 aliphatic carbocycles. The van der Waals surface area contributed by atoms with Gasteiger partial charge in [-0.25, -0.2) is 8.78 Å². The summed E-state index contributed by atoms with van der Waals surface area (Å²) >= 11 is 0. The van der Waals surface area contributed by atoms with E-state index in [0.29, 0.717) is 18.7 Å². The van der Waals surface area contributed by atoms with Crippen LogP contribution < -0.4 is 0 Å². The molecule has 104 valence electrons. The zero-order valence-corrected chi connectivity index (χ0v) is 10.7. The Morgan fingerprint density at radius 2 is 2.00 bits per heavy atom. The van der Waals surface area contributed by atoms with Crippen molar-refractivity contribution >= 4 is 0 Å². The summed E-state index contributed by atoms with van der Waals surface area (Å²) < 4.78 is 34.6. The van der Waals surface area contributed by atoms with Gasteiger partial charge in [0.2, 0.25) is 11.7 Å². The van der Waals surface area contributed by atoms with E-state index in [0.717, 1.165) is 0 Å². The SMILES string of the molecule is CCC(CC)(OC)c1noc(CC(O)C(F)F)n1. The van der Waals surface area contributed by atoms with Crippen LogP contribution in [0.3, 0.4) is 0 Å². The third kappa shape index (κ3) is 3.02. The fourth-order valence-corrected chi connectivity index (χ4v) is 1.74. The molecule has 5 nitrogen and oxygen atoms in total. The molecular weight excluding hydrogens is 246 g/mol. The van der Waals surface area contributed by atoms with Gasteiger partial charge in [0.25, 0.3) is 6.43 Å². The minimum Gasteiger partial charge on any atom is -0.387 e. The first kappa shape index (κ1) is 15.0. The Labute approximate surface area is 104 Å². The van der Waals surface area contributed by atoms with Crippen molar-refractivity contribution in [3.05, 3.63) is 11.7 Å². The van der Waals surface area contributed by atoms with Gasteiger partial charge in [-0.1, -0.05) is 19.0 Å². The number of hydrogen-bond donors (Lipinski definition) is 1. The van der Waals surface area contributed by atoms with Gasteiger partial charge in [0.15, 0.2) is 0 Å². The Balaban J connectivity index is 2.85. The second-order valence-electron chi connectivity index (χ2n) is 4.02. The van der Waals surface area contributed by atoms with Crippen LogP contribution in [0.4, 0.5) is 8.78 Å². The van der Waals surface area contributed by atoms with Crippen LogP contribution in [0.5, 0.6) is 0 Å². The van der Waals surface area contributed by atoms with Crippen molar-refractivity contribution in [3.8, 4) is 0 Å². The van der Waals surface area contributed by atoms with Gasteiger partial charge in [-0.05, 0) is 12.8 Å². The molecule has 1 unspecified atom stereocenters. The number of halogens is 2. The van der Waals surface area contributed by atoms with Crippen molar-refractivity contribution < 1.29 is 23.1 Å². The van der Waals surface area contributed by atoms with Crippen molar-refractivity contribution in [1.29, 1.82) is 0 Å². The molecule has 7 heteroatoms. The summed E-state index contributed by atoms with van der Waals surface area (Å²) in [4.78, 5) is 4.02. The van der Waals surface area contributed by atoms with Crippen LogP contribution in [-0.2, 0) is 16.8 Å². The average molecular weight is 264 g/mol. The van der Waals surface area contributed by atoms with E-state index in [4.69, 9.17) is 14.4 Å². The first-order valence-electron chi connectivity index (χ1n) is 5.83. The van der Waals surface area contributed by atoms with Crippen LogP contribution in [0.2, 0.25) is 0 Å². The smallest absolute Gasteiger partial charge is 0.264 e. The van der Waals surface area contributed by atoms with Crippen LogP contribution in [0.1, 0.15) is 38.4 Å². The van der Waals surface area contributed by atoms with Gasteiger partial charge in [-0.15, -0.1) is 0 Å². The molecule has 0 bridgehead atoms. The molecule has 1 rings (SSSR count). The number of nitrogens with zero attached hydrogens (tertiary/aromatic N) is 2. The Morgan fingerprint density at radius 1 is 1.39 bits per heavy atom. The average Bonchev–Trinajstić information content (AvgIpc) is 2.81. The third-order valence-electron chi connectivity index (χ3n) is 3.08. The van der Waals surface area contributed by atoms with E-state index in [1.807, 2.05) is 13.8 Å². The molecule has 18 heavy (non-hydrogen) atoms. The minimum atomic E-state index is -2.83.